The quantitative estimate of drug-likeness (QED) is 0.446. The number of hydrogen-bond acceptors (Lipinski definition) is 8. The van der Waals surface area contributed by atoms with Gasteiger partial charge >= 0.3 is 12.3 Å². The van der Waals surface area contributed by atoms with Crippen molar-refractivity contribution < 1.29 is 31.9 Å². The van der Waals surface area contributed by atoms with Crippen LogP contribution in [0.4, 0.5) is 28.2 Å². The molecular weight excluding hydrogens is 536 g/mol. The van der Waals surface area contributed by atoms with Crippen molar-refractivity contribution in [3.05, 3.63) is 42.4 Å². The molecule has 1 fully saturated rings. The number of carbonyl (C=O) groups is 2. The highest BCUT2D eigenvalue weighted by molar-refractivity contribution is 5.97. The number of alkyl halides is 3. The average Bonchev–Trinajstić information content (AvgIpc) is 3.30. The van der Waals surface area contributed by atoms with Crippen LogP contribution in [0.5, 0.6) is 0 Å². The minimum Gasteiger partial charge on any atom is -0.444 e. The molecule has 4 heterocycles. The van der Waals surface area contributed by atoms with Crippen LogP contribution >= 0.6 is 0 Å². The predicted octanol–water partition coefficient (Wildman–Crippen LogP) is 3.82. The minimum atomic E-state index is -4.47. The number of hydrogen-bond donors (Lipinski definition) is 2. The number of rotatable bonds is 5. The summed E-state index contributed by atoms with van der Waals surface area (Å²) in [5.41, 5.74) is 5.22. The first-order chi connectivity index (χ1) is 18.7. The number of ether oxygens (including phenoxy) is 1. The van der Waals surface area contributed by atoms with E-state index < -0.39 is 42.2 Å². The largest absolute Gasteiger partial charge is 0.444 e. The van der Waals surface area contributed by atoms with E-state index in [0.717, 1.165) is 12.4 Å². The van der Waals surface area contributed by atoms with E-state index in [2.05, 4.69) is 25.4 Å². The Morgan fingerprint density at radius 1 is 1.15 bits per heavy atom. The van der Waals surface area contributed by atoms with E-state index in [4.69, 9.17) is 10.5 Å². The number of halogens is 4. The number of pyridine rings is 1. The molecule has 0 radical (unpaired) electrons. The Kier molecular flexibility index (Phi) is 7.93. The van der Waals surface area contributed by atoms with E-state index in [1.54, 1.807) is 20.8 Å². The maximum absolute atomic E-state index is 14.8. The van der Waals surface area contributed by atoms with Gasteiger partial charge in [0, 0.05) is 36.5 Å². The topological polar surface area (TPSA) is 141 Å². The van der Waals surface area contributed by atoms with Crippen LogP contribution in [0.3, 0.4) is 0 Å². The molecule has 3 aromatic heterocycles. The summed E-state index contributed by atoms with van der Waals surface area (Å²) in [5, 5.41) is 6.47. The third-order valence-electron chi connectivity index (χ3n) is 5.83. The highest BCUT2D eigenvalue weighted by atomic mass is 19.4. The number of anilines is 1. The molecule has 1 saturated heterocycles. The Morgan fingerprint density at radius 3 is 2.60 bits per heavy atom. The van der Waals surface area contributed by atoms with Gasteiger partial charge in [0.25, 0.3) is 5.91 Å². The van der Waals surface area contributed by atoms with Gasteiger partial charge in [-0.3, -0.25) is 14.5 Å². The van der Waals surface area contributed by atoms with Gasteiger partial charge in [-0.2, -0.15) is 18.3 Å². The lowest BCUT2D eigenvalue weighted by atomic mass is 10.1. The van der Waals surface area contributed by atoms with Crippen molar-refractivity contribution in [2.45, 2.75) is 58.0 Å². The highest BCUT2D eigenvalue weighted by Gasteiger charge is 2.30. The van der Waals surface area contributed by atoms with Gasteiger partial charge in [0.1, 0.15) is 12.1 Å². The minimum absolute atomic E-state index is 0.0396. The zero-order valence-electron chi connectivity index (χ0n) is 22.0. The van der Waals surface area contributed by atoms with Crippen molar-refractivity contribution in [3.63, 3.8) is 0 Å². The molecule has 3 N–H and O–H groups in total. The third-order valence-corrected chi connectivity index (χ3v) is 5.83. The number of nitrogens with two attached hydrogens (primary N) is 1. The molecule has 1 atom stereocenters. The molecule has 40 heavy (non-hydrogen) atoms. The molecule has 3 aromatic rings. The number of likely N-dealkylation sites (tertiary alicyclic amines) is 1. The van der Waals surface area contributed by atoms with E-state index >= 15 is 0 Å². The van der Waals surface area contributed by atoms with E-state index in [1.807, 2.05) is 0 Å². The summed E-state index contributed by atoms with van der Waals surface area (Å²) < 4.78 is 58.9. The van der Waals surface area contributed by atoms with Crippen LogP contribution in [-0.4, -0.2) is 72.5 Å². The number of amides is 2. The highest BCUT2D eigenvalue weighted by Crippen LogP contribution is 2.27. The summed E-state index contributed by atoms with van der Waals surface area (Å²) in [6, 6.07) is 0.863. The lowest BCUT2D eigenvalue weighted by molar-refractivity contribution is -0.142. The van der Waals surface area contributed by atoms with Gasteiger partial charge in [-0.1, -0.05) is 0 Å². The first kappa shape index (κ1) is 28.7. The normalized spacial score (nSPS) is 16.1. The Labute approximate surface area is 226 Å². The molecule has 0 aromatic carbocycles. The molecule has 214 valence electrons. The van der Waals surface area contributed by atoms with Crippen LogP contribution in [0.15, 0.2) is 30.9 Å². The van der Waals surface area contributed by atoms with Gasteiger partial charge in [-0.25, -0.2) is 19.2 Å². The number of carbonyl (C=O) groups excluding carboxylic acids is 2. The summed E-state index contributed by atoms with van der Waals surface area (Å²) in [6.45, 7) is 4.70. The summed E-state index contributed by atoms with van der Waals surface area (Å²) >= 11 is 0. The number of nitrogens with zero attached hydrogens (tertiary/aromatic N) is 6. The third kappa shape index (κ3) is 7.21. The van der Waals surface area contributed by atoms with Crippen LogP contribution in [0, 0.1) is 5.82 Å². The molecule has 0 bridgehead atoms. The second-order valence-electron chi connectivity index (χ2n) is 10.3. The molecule has 0 unspecified atom stereocenters. The molecule has 15 heteroatoms. The number of nitrogens with one attached hydrogen (secondary N) is 1. The maximum Gasteiger partial charge on any atom is 0.410 e. The first-order valence-electron chi connectivity index (χ1n) is 12.4. The van der Waals surface area contributed by atoms with Crippen LogP contribution in [0.1, 0.15) is 44.1 Å². The summed E-state index contributed by atoms with van der Waals surface area (Å²) in [6.07, 6.45) is 0.652. The Balaban J connectivity index is 1.52. The standard InChI is InChI=1S/C25H28F4N8O3/c1-24(2,3)40-23(39)36-6-4-5-15(12-36)34-22(38)20-21(30)32-10-19(35-20)16-7-18(31-9-17(16)26)14-8-33-37(11-14)13-25(27,28)29/h7-11,15H,4-6,12-13H2,1-3H3,(H2,30,32)(H,34,38)/t15-/m0/s1. The summed E-state index contributed by atoms with van der Waals surface area (Å²) in [7, 11) is 0. The summed E-state index contributed by atoms with van der Waals surface area (Å²) in [5.74, 6) is -1.65. The zero-order valence-corrected chi connectivity index (χ0v) is 22.0. The lowest BCUT2D eigenvalue weighted by Gasteiger charge is -2.34. The Morgan fingerprint density at radius 2 is 1.90 bits per heavy atom. The molecule has 0 spiro atoms. The fourth-order valence-corrected chi connectivity index (χ4v) is 4.10. The molecule has 1 aliphatic heterocycles. The van der Waals surface area contributed by atoms with E-state index in [1.165, 1.54) is 23.4 Å². The Hall–Kier alpha value is -4.30. The van der Waals surface area contributed by atoms with Crippen molar-refractivity contribution >= 4 is 17.8 Å². The molecular formula is C25H28F4N8O3. The van der Waals surface area contributed by atoms with E-state index in [-0.39, 0.29) is 40.6 Å². The zero-order chi connectivity index (χ0) is 29.2. The molecule has 4 rings (SSSR count). The SMILES string of the molecule is CC(C)(C)OC(=O)N1CCC[C@H](NC(=O)c2nc(-c3cc(-c4cnn(CC(F)(F)F)c4)ncc3F)cnc2N)C1. The second-order valence-corrected chi connectivity index (χ2v) is 10.3. The van der Waals surface area contributed by atoms with Gasteiger partial charge in [0.15, 0.2) is 17.3 Å². The average molecular weight is 565 g/mol. The number of piperidine rings is 1. The Bertz CT molecular complexity index is 1400. The summed E-state index contributed by atoms with van der Waals surface area (Å²) in [4.78, 5) is 39.2. The molecule has 0 saturated carbocycles. The van der Waals surface area contributed by atoms with Crippen molar-refractivity contribution in [3.8, 4) is 22.5 Å². The van der Waals surface area contributed by atoms with Crippen molar-refractivity contribution in [1.29, 1.82) is 0 Å². The van der Waals surface area contributed by atoms with Crippen LogP contribution in [0.25, 0.3) is 22.5 Å². The van der Waals surface area contributed by atoms with Crippen LogP contribution in [0.2, 0.25) is 0 Å². The van der Waals surface area contributed by atoms with E-state index in [0.29, 0.717) is 24.1 Å². The van der Waals surface area contributed by atoms with Crippen molar-refractivity contribution in [2.24, 2.45) is 0 Å². The van der Waals surface area contributed by atoms with Gasteiger partial charge in [0.05, 0.1) is 30.0 Å². The van der Waals surface area contributed by atoms with E-state index in [9.17, 15) is 27.2 Å². The van der Waals surface area contributed by atoms with Crippen LogP contribution < -0.4 is 11.1 Å². The monoisotopic (exact) mass is 564 g/mol. The predicted molar refractivity (Wildman–Crippen MR) is 135 cm³/mol. The van der Waals surface area contributed by atoms with Crippen LogP contribution in [-0.2, 0) is 11.3 Å². The molecule has 2 amide bonds. The van der Waals surface area contributed by atoms with Gasteiger partial charge in [-0.15, -0.1) is 0 Å². The fourth-order valence-electron chi connectivity index (χ4n) is 4.10. The second kappa shape index (κ2) is 11.1. The smallest absolute Gasteiger partial charge is 0.410 e. The first-order valence-corrected chi connectivity index (χ1v) is 12.4. The maximum atomic E-state index is 14.8. The van der Waals surface area contributed by atoms with Crippen molar-refractivity contribution in [1.82, 2.24) is 34.9 Å². The molecule has 11 nitrogen and oxygen atoms in total. The fraction of sp³-hybridized carbons (Fsp3) is 0.440. The molecule has 0 aliphatic carbocycles. The van der Waals surface area contributed by atoms with Gasteiger partial charge in [-0.05, 0) is 39.7 Å². The molecule has 1 aliphatic rings. The van der Waals surface area contributed by atoms with Crippen molar-refractivity contribution in [2.75, 3.05) is 18.8 Å². The van der Waals surface area contributed by atoms with Gasteiger partial charge in [0.2, 0.25) is 0 Å². The number of aromatic nitrogens is 5. The lowest BCUT2D eigenvalue weighted by Crippen LogP contribution is -2.50. The number of nitrogen functional groups attached to an aromatic ring is 1. The van der Waals surface area contributed by atoms with Gasteiger partial charge < -0.3 is 20.7 Å².